The van der Waals surface area contributed by atoms with Gasteiger partial charge in [-0.15, -0.1) is 0 Å². The first-order chi connectivity index (χ1) is 7.48. The number of phenolic OH excluding ortho intramolecular Hbond substituents is 1. The molecule has 0 amide bonds. The molecule has 0 radical (unpaired) electrons. The average molecular weight is 241 g/mol. The molecule has 88 valence electrons. The minimum atomic E-state index is -3.30. The minimum absolute atomic E-state index is 0.0758. The fraction of sp³-hybridized carbons (Fsp3) is 0.455. The van der Waals surface area contributed by atoms with Crippen LogP contribution < -0.4 is 5.32 Å². The van der Waals surface area contributed by atoms with Gasteiger partial charge >= 0.3 is 0 Å². The van der Waals surface area contributed by atoms with E-state index in [9.17, 15) is 13.5 Å². The molecule has 0 spiro atoms. The van der Waals surface area contributed by atoms with Gasteiger partial charge in [0.25, 0.3) is 0 Å². The zero-order valence-electron chi connectivity index (χ0n) is 9.27. The van der Waals surface area contributed by atoms with Gasteiger partial charge < -0.3 is 10.4 Å². The maximum absolute atomic E-state index is 12.2. The monoisotopic (exact) mass is 241 g/mol. The third-order valence-electron chi connectivity index (χ3n) is 3.23. The number of aromatic hydroxyl groups is 1. The van der Waals surface area contributed by atoms with Crippen molar-refractivity contribution in [1.29, 1.82) is 0 Å². The molecule has 0 saturated heterocycles. The lowest BCUT2D eigenvalue weighted by Crippen LogP contribution is -2.38. The molecule has 1 heterocycles. The van der Waals surface area contributed by atoms with Gasteiger partial charge in [-0.1, -0.05) is 6.07 Å². The maximum atomic E-state index is 12.2. The van der Waals surface area contributed by atoms with Gasteiger partial charge in [0.15, 0.2) is 9.84 Å². The quantitative estimate of drug-likeness (QED) is 0.800. The summed E-state index contributed by atoms with van der Waals surface area (Å²) in [5.74, 6) is 0.0758. The summed E-state index contributed by atoms with van der Waals surface area (Å²) in [5.41, 5.74) is 0.551. The van der Waals surface area contributed by atoms with E-state index in [1.54, 1.807) is 19.2 Å². The molecule has 1 aliphatic rings. The number of benzene rings is 1. The first-order valence-corrected chi connectivity index (χ1v) is 6.75. The van der Waals surface area contributed by atoms with Crippen LogP contribution in [0.15, 0.2) is 23.1 Å². The summed E-state index contributed by atoms with van der Waals surface area (Å²) in [7, 11) is -1.56. The van der Waals surface area contributed by atoms with Crippen molar-refractivity contribution in [3.05, 3.63) is 23.8 Å². The third-order valence-corrected chi connectivity index (χ3v) is 5.60. The van der Waals surface area contributed by atoms with Gasteiger partial charge in [-0.3, -0.25) is 0 Å². The fourth-order valence-corrected chi connectivity index (χ4v) is 4.32. The molecule has 4 nitrogen and oxygen atoms in total. The summed E-state index contributed by atoms with van der Waals surface area (Å²) in [6.45, 7) is 1.84. The first kappa shape index (κ1) is 11.4. The van der Waals surface area contributed by atoms with E-state index in [2.05, 4.69) is 5.32 Å². The number of hydrogen-bond donors (Lipinski definition) is 2. The number of phenols is 1. The van der Waals surface area contributed by atoms with Crippen molar-refractivity contribution in [3.63, 3.8) is 0 Å². The van der Waals surface area contributed by atoms with Gasteiger partial charge in [0, 0.05) is 11.6 Å². The van der Waals surface area contributed by atoms with Crippen LogP contribution in [0.1, 0.15) is 12.5 Å². The standard InChI is InChI=1S/C11H15NO3S/c1-7(12-2)11-6-8-9(13)4-3-5-10(8)16(11,14)15/h3-5,7,11-13H,6H2,1-2H3. The summed E-state index contributed by atoms with van der Waals surface area (Å²) in [4.78, 5) is 0.277. The Morgan fingerprint density at radius 3 is 2.75 bits per heavy atom. The third kappa shape index (κ3) is 1.51. The molecule has 5 heteroatoms. The van der Waals surface area contributed by atoms with E-state index in [4.69, 9.17) is 0 Å². The first-order valence-electron chi connectivity index (χ1n) is 5.20. The second-order valence-corrected chi connectivity index (χ2v) is 6.25. The molecule has 0 aromatic heterocycles. The molecule has 0 saturated carbocycles. The van der Waals surface area contributed by atoms with E-state index >= 15 is 0 Å². The lowest BCUT2D eigenvalue weighted by atomic mass is 10.1. The summed E-state index contributed by atoms with van der Waals surface area (Å²) in [6, 6.07) is 4.53. The van der Waals surface area contributed by atoms with E-state index in [0.717, 1.165) is 0 Å². The van der Waals surface area contributed by atoms with Crippen LogP contribution in [-0.2, 0) is 16.3 Å². The molecule has 1 aromatic carbocycles. The average Bonchev–Trinajstić information content (AvgIpc) is 2.52. The van der Waals surface area contributed by atoms with Gasteiger partial charge in [0.05, 0.1) is 10.1 Å². The molecule has 2 atom stereocenters. The molecular weight excluding hydrogens is 226 g/mol. The molecule has 0 bridgehead atoms. The van der Waals surface area contributed by atoms with Gasteiger partial charge in [-0.25, -0.2) is 8.42 Å². The van der Waals surface area contributed by atoms with E-state index in [0.29, 0.717) is 12.0 Å². The SMILES string of the molecule is CNC(C)C1Cc2c(O)cccc2S1(=O)=O. The second-order valence-electron chi connectivity index (χ2n) is 4.12. The Bertz CT molecular complexity index is 510. The highest BCUT2D eigenvalue weighted by Gasteiger charge is 2.40. The lowest BCUT2D eigenvalue weighted by Gasteiger charge is -2.17. The number of nitrogens with one attached hydrogen (secondary N) is 1. The number of fused-ring (bicyclic) bond motifs is 1. The van der Waals surface area contributed by atoms with Crippen LogP contribution in [0.5, 0.6) is 5.75 Å². The molecule has 2 rings (SSSR count). The molecule has 0 fully saturated rings. The van der Waals surface area contributed by atoms with Crippen LogP contribution in [0.25, 0.3) is 0 Å². The highest BCUT2D eigenvalue weighted by molar-refractivity contribution is 7.92. The Hall–Kier alpha value is -1.07. The summed E-state index contributed by atoms with van der Waals surface area (Å²) in [6.07, 6.45) is 0.381. The minimum Gasteiger partial charge on any atom is -0.508 e. The highest BCUT2D eigenvalue weighted by atomic mass is 32.2. The van der Waals surface area contributed by atoms with Crippen molar-refractivity contribution in [3.8, 4) is 5.75 Å². The summed E-state index contributed by atoms with van der Waals surface area (Å²) >= 11 is 0. The summed E-state index contributed by atoms with van der Waals surface area (Å²) < 4.78 is 24.4. The van der Waals surface area contributed by atoms with Crippen molar-refractivity contribution in [1.82, 2.24) is 5.32 Å². The van der Waals surface area contributed by atoms with Gasteiger partial charge in [-0.2, -0.15) is 0 Å². The summed E-state index contributed by atoms with van der Waals surface area (Å²) in [5, 5.41) is 12.1. The molecule has 2 unspecified atom stereocenters. The molecule has 0 aliphatic carbocycles. The van der Waals surface area contributed by atoms with Crippen LogP contribution in [0, 0.1) is 0 Å². The van der Waals surface area contributed by atoms with Crippen molar-refractivity contribution >= 4 is 9.84 Å². The Morgan fingerprint density at radius 2 is 2.19 bits per heavy atom. The van der Waals surface area contributed by atoms with E-state index in [-0.39, 0.29) is 16.7 Å². The number of hydrogen-bond acceptors (Lipinski definition) is 4. The number of sulfone groups is 1. The van der Waals surface area contributed by atoms with Crippen molar-refractivity contribution in [2.45, 2.75) is 29.5 Å². The normalized spacial score (nSPS) is 24.0. The Labute approximate surface area is 95.2 Å². The van der Waals surface area contributed by atoms with E-state index in [1.807, 2.05) is 6.92 Å². The smallest absolute Gasteiger partial charge is 0.183 e. The number of rotatable bonds is 2. The Balaban J connectivity index is 2.54. The van der Waals surface area contributed by atoms with Crippen LogP contribution in [-0.4, -0.2) is 31.9 Å². The predicted octanol–water partition coefficient (Wildman–Crippen LogP) is 0.698. The second kappa shape index (κ2) is 3.75. The maximum Gasteiger partial charge on any atom is 0.183 e. The van der Waals surface area contributed by atoms with Gasteiger partial charge in [0.1, 0.15) is 5.75 Å². The zero-order chi connectivity index (χ0) is 11.9. The molecule has 1 aliphatic heterocycles. The van der Waals surface area contributed by atoms with Gasteiger partial charge in [-0.05, 0) is 32.5 Å². The molecular formula is C11H15NO3S. The van der Waals surface area contributed by atoms with Crippen LogP contribution in [0.4, 0.5) is 0 Å². The fourth-order valence-electron chi connectivity index (χ4n) is 2.13. The van der Waals surface area contributed by atoms with Crippen molar-refractivity contribution in [2.75, 3.05) is 7.05 Å². The largest absolute Gasteiger partial charge is 0.508 e. The highest BCUT2D eigenvalue weighted by Crippen LogP contribution is 2.37. The zero-order valence-corrected chi connectivity index (χ0v) is 10.1. The van der Waals surface area contributed by atoms with Crippen LogP contribution >= 0.6 is 0 Å². The molecule has 16 heavy (non-hydrogen) atoms. The van der Waals surface area contributed by atoms with Gasteiger partial charge in [0.2, 0.25) is 0 Å². The van der Waals surface area contributed by atoms with E-state index in [1.165, 1.54) is 6.07 Å². The molecule has 1 aromatic rings. The van der Waals surface area contributed by atoms with Crippen molar-refractivity contribution in [2.24, 2.45) is 0 Å². The Kier molecular flexibility index (Phi) is 2.67. The Morgan fingerprint density at radius 1 is 1.50 bits per heavy atom. The van der Waals surface area contributed by atoms with Crippen LogP contribution in [0.3, 0.4) is 0 Å². The topological polar surface area (TPSA) is 66.4 Å². The van der Waals surface area contributed by atoms with E-state index < -0.39 is 15.1 Å². The molecule has 2 N–H and O–H groups in total. The van der Waals surface area contributed by atoms with Crippen molar-refractivity contribution < 1.29 is 13.5 Å². The predicted molar refractivity (Wildman–Crippen MR) is 61.3 cm³/mol. The lowest BCUT2D eigenvalue weighted by molar-refractivity contribution is 0.464. The van der Waals surface area contributed by atoms with Crippen LogP contribution in [0.2, 0.25) is 0 Å².